The summed E-state index contributed by atoms with van der Waals surface area (Å²) in [5.41, 5.74) is 0. The molecule has 17 heavy (non-hydrogen) atoms. The van der Waals surface area contributed by atoms with E-state index in [0.717, 1.165) is 12.3 Å². The molecular weight excluding hydrogens is 218 g/mol. The fourth-order valence-corrected chi connectivity index (χ4v) is 1.57. The van der Waals surface area contributed by atoms with Crippen LogP contribution in [0.5, 0.6) is 0 Å². The maximum atomic E-state index is 11.1. The van der Waals surface area contributed by atoms with E-state index in [2.05, 4.69) is 17.0 Å². The summed E-state index contributed by atoms with van der Waals surface area (Å²) in [4.78, 5) is 11.1. The van der Waals surface area contributed by atoms with Crippen LogP contribution in [0.2, 0.25) is 0 Å². The van der Waals surface area contributed by atoms with Gasteiger partial charge < -0.3 is 14.5 Å². The Balaban J connectivity index is 2.19. The highest BCUT2D eigenvalue weighted by Crippen LogP contribution is 2.08. The van der Waals surface area contributed by atoms with Crippen LogP contribution in [0.4, 0.5) is 0 Å². The summed E-state index contributed by atoms with van der Waals surface area (Å²) in [6.45, 7) is 3.84. The quantitative estimate of drug-likeness (QED) is 0.560. The third kappa shape index (κ3) is 5.04. The number of esters is 1. The molecule has 4 nitrogen and oxygen atoms in total. The van der Waals surface area contributed by atoms with Crippen LogP contribution in [0, 0.1) is 0 Å². The molecular formula is C13H21NO3. The maximum Gasteiger partial charge on any atom is 0.373 e. The molecule has 0 aliphatic heterocycles. The lowest BCUT2D eigenvalue weighted by atomic mass is 10.2. The molecule has 0 atom stereocenters. The van der Waals surface area contributed by atoms with E-state index in [9.17, 15) is 4.79 Å². The third-order valence-electron chi connectivity index (χ3n) is 2.55. The van der Waals surface area contributed by atoms with E-state index in [4.69, 9.17) is 4.42 Å². The van der Waals surface area contributed by atoms with Gasteiger partial charge in [0.15, 0.2) is 0 Å². The molecule has 4 heteroatoms. The van der Waals surface area contributed by atoms with Gasteiger partial charge in [-0.1, -0.05) is 26.2 Å². The van der Waals surface area contributed by atoms with Crippen LogP contribution >= 0.6 is 0 Å². The highest BCUT2D eigenvalue weighted by molar-refractivity contribution is 5.86. The van der Waals surface area contributed by atoms with E-state index < -0.39 is 5.97 Å². The average Bonchev–Trinajstić information content (AvgIpc) is 2.81. The van der Waals surface area contributed by atoms with Gasteiger partial charge in [-0.3, -0.25) is 0 Å². The molecule has 0 fully saturated rings. The second-order valence-corrected chi connectivity index (χ2v) is 3.99. The molecule has 1 rings (SSSR count). The minimum absolute atomic E-state index is 0.260. The number of methoxy groups -OCH3 is 1. The molecule has 0 aromatic carbocycles. The molecule has 1 aromatic rings. The van der Waals surface area contributed by atoms with Crippen LogP contribution in [-0.2, 0) is 11.3 Å². The second-order valence-electron chi connectivity index (χ2n) is 3.99. The highest BCUT2D eigenvalue weighted by Gasteiger charge is 2.10. The first-order chi connectivity index (χ1) is 8.27. The standard InChI is InChI=1S/C13H21NO3/c1-3-4-5-6-9-14-10-11-7-8-12(17-11)13(15)16-2/h7-8,14H,3-6,9-10H2,1-2H3. The van der Waals surface area contributed by atoms with E-state index in [-0.39, 0.29) is 5.76 Å². The van der Waals surface area contributed by atoms with Crippen molar-refractivity contribution in [3.8, 4) is 0 Å². The predicted octanol–water partition coefficient (Wildman–Crippen LogP) is 2.74. The van der Waals surface area contributed by atoms with Gasteiger partial charge in [-0.2, -0.15) is 0 Å². The number of hydrogen-bond acceptors (Lipinski definition) is 4. The Hall–Kier alpha value is -1.29. The largest absolute Gasteiger partial charge is 0.463 e. The lowest BCUT2D eigenvalue weighted by Gasteiger charge is -2.02. The van der Waals surface area contributed by atoms with Gasteiger partial charge in [-0.25, -0.2) is 4.79 Å². The first-order valence-electron chi connectivity index (χ1n) is 6.15. The summed E-state index contributed by atoms with van der Waals surface area (Å²) in [5.74, 6) is 0.593. The van der Waals surface area contributed by atoms with Crippen molar-refractivity contribution in [2.75, 3.05) is 13.7 Å². The number of carbonyl (C=O) groups is 1. The normalized spacial score (nSPS) is 10.5. The minimum atomic E-state index is -0.431. The number of hydrogen-bond donors (Lipinski definition) is 1. The fourth-order valence-electron chi connectivity index (χ4n) is 1.57. The van der Waals surface area contributed by atoms with Crippen molar-refractivity contribution in [2.45, 2.75) is 39.2 Å². The Labute approximate surface area is 102 Å². The number of furan rings is 1. The van der Waals surface area contributed by atoms with Crippen LogP contribution in [0.3, 0.4) is 0 Å². The van der Waals surface area contributed by atoms with Crippen molar-refractivity contribution < 1.29 is 13.9 Å². The first kappa shape index (κ1) is 13.8. The lowest BCUT2D eigenvalue weighted by Crippen LogP contribution is -2.14. The SMILES string of the molecule is CCCCCCNCc1ccc(C(=O)OC)o1. The van der Waals surface area contributed by atoms with Gasteiger partial charge in [-0.15, -0.1) is 0 Å². The average molecular weight is 239 g/mol. The number of rotatable bonds is 8. The molecule has 0 radical (unpaired) electrons. The smallest absolute Gasteiger partial charge is 0.373 e. The van der Waals surface area contributed by atoms with E-state index in [1.807, 2.05) is 0 Å². The van der Waals surface area contributed by atoms with Gasteiger partial charge in [0.2, 0.25) is 5.76 Å². The zero-order valence-corrected chi connectivity index (χ0v) is 10.6. The van der Waals surface area contributed by atoms with Gasteiger partial charge in [-0.05, 0) is 25.1 Å². The van der Waals surface area contributed by atoms with E-state index in [0.29, 0.717) is 6.54 Å². The summed E-state index contributed by atoms with van der Waals surface area (Å²) in [7, 11) is 1.34. The Morgan fingerprint density at radius 3 is 2.88 bits per heavy atom. The zero-order chi connectivity index (χ0) is 12.5. The van der Waals surface area contributed by atoms with Crippen LogP contribution < -0.4 is 5.32 Å². The van der Waals surface area contributed by atoms with Gasteiger partial charge in [0.1, 0.15) is 5.76 Å². The molecule has 1 aromatic heterocycles. The van der Waals surface area contributed by atoms with Gasteiger partial charge >= 0.3 is 5.97 Å². The number of carbonyl (C=O) groups excluding carboxylic acids is 1. The monoisotopic (exact) mass is 239 g/mol. The van der Waals surface area contributed by atoms with E-state index in [1.54, 1.807) is 12.1 Å². The molecule has 0 spiro atoms. The Bertz CT molecular complexity index is 333. The highest BCUT2D eigenvalue weighted by atomic mass is 16.5. The van der Waals surface area contributed by atoms with Crippen molar-refractivity contribution in [1.29, 1.82) is 0 Å². The predicted molar refractivity (Wildman–Crippen MR) is 65.9 cm³/mol. The molecule has 0 aliphatic carbocycles. The Morgan fingerprint density at radius 2 is 2.18 bits per heavy atom. The fraction of sp³-hybridized carbons (Fsp3) is 0.615. The molecule has 1 N–H and O–H groups in total. The molecule has 0 amide bonds. The van der Waals surface area contributed by atoms with Crippen molar-refractivity contribution >= 4 is 5.97 Å². The summed E-state index contributed by atoms with van der Waals surface area (Å²) < 4.78 is 9.89. The van der Waals surface area contributed by atoms with E-state index >= 15 is 0 Å². The Kier molecular flexibility index (Phi) is 6.40. The molecule has 0 saturated carbocycles. The molecule has 0 aliphatic rings. The second kappa shape index (κ2) is 7.90. The van der Waals surface area contributed by atoms with Crippen LogP contribution in [-0.4, -0.2) is 19.6 Å². The number of ether oxygens (including phenoxy) is 1. The molecule has 96 valence electrons. The van der Waals surface area contributed by atoms with Crippen molar-refractivity contribution in [1.82, 2.24) is 5.32 Å². The van der Waals surface area contributed by atoms with Crippen LogP contribution in [0.25, 0.3) is 0 Å². The zero-order valence-electron chi connectivity index (χ0n) is 10.6. The minimum Gasteiger partial charge on any atom is -0.463 e. The van der Waals surface area contributed by atoms with Gasteiger partial charge in [0.05, 0.1) is 13.7 Å². The summed E-state index contributed by atoms with van der Waals surface area (Å²) in [6.07, 6.45) is 4.98. The lowest BCUT2D eigenvalue weighted by molar-refractivity contribution is 0.0563. The molecule has 0 unspecified atom stereocenters. The van der Waals surface area contributed by atoms with Crippen LogP contribution in [0.1, 0.15) is 48.9 Å². The van der Waals surface area contributed by atoms with Crippen molar-refractivity contribution in [3.05, 3.63) is 23.7 Å². The third-order valence-corrected chi connectivity index (χ3v) is 2.55. The first-order valence-corrected chi connectivity index (χ1v) is 6.15. The van der Waals surface area contributed by atoms with Crippen LogP contribution in [0.15, 0.2) is 16.5 Å². The van der Waals surface area contributed by atoms with Crippen molar-refractivity contribution in [3.63, 3.8) is 0 Å². The number of nitrogens with one attached hydrogen (secondary N) is 1. The van der Waals surface area contributed by atoms with Gasteiger partial charge in [0.25, 0.3) is 0 Å². The number of unbranched alkanes of at least 4 members (excludes halogenated alkanes) is 3. The van der Waals surface area contributed by atoms with E-state index in [1.165, 1.54) is 32.8 Å². The van der Waals surface area contributed by atoms with Crippen molar-refractivity contribution in [2.24, 2.45) is 0 Å². The summed E-state index contributed by atoms with van der Waals surface area (Å²) >= 11 is 0. The summed E-state index contributed by atoms with van der Waals surface area (Å²) in [6, 6.07) is 3.44. The molecule has 0 bridgehead atoms. The Morgan fingerprint density at radius 1 is 1.35 bits per heavy atom. The van der Waals surface area contributed by atoms with Gasteiger partial charge in [0, 0.05) is 0 Å². The maximum absolute atomic E-state index is 11.1. The molecule has 1 heterocycles. The topological polar surface area (TPSA) is 51.5 Å². The summed E-state index contributed by atoms with van der Waals surface area (Å²) in [5, 5.41) is 3.28. The molecule has 0 saturated heterocycles.